The van der Waals surface area contributed by atoms with Crippen molar-refractivity contribution < 1.29 is 4.79 Å². The van der Waals surface area contributed by atoms with Gasteiger partial charge in [-0.2, -0.15) is 0 Å². The lowest BCUT2D eigenvalue weighted by molar-refractivity contribution is 0.148. The lowest BCUT2D eigenvalue weighted by Gasteiger charge is -2.34. The molecule has 0 bridgehead atoms. The Morgan fingerprint density at radius 2 is 1.60 bits per heavy atom. The number of rotatable bonds is 5. The van der Waals surface area contributed by atoms with Crippen molar-refractivity contribution >= 4 is 11.7 Å². The number of urea groups is 1. The number of amides is 2. The minimum atomic E-state index is 0.00644. The van der Waals surface area contributed by atoms with Crippen LogP contribution in [-0.4, -0.2) is 48.6 Å². The summed E-state index contributed by atoms with van der Waals surface area (Å²) in [4.78, 5) is 16.8. The molecular weight excluding hydrogens is 310 g/mol. The van der Waals surface area contributed by atoms with Gasteiger partial charge in [0.1, 0.15) is 0 Å². The first-order valence-corrected chi connectivity index (χ1v) is 9.16. The number of benzene rings is 2. The molecule has 25 heavy (non-hydrogen) atoms. The minimum Gasteiger partial charge on any atom is -0.322 e. The molecule has 4 nitrogen and oxygen atoms in total. The van der Waals surface area contributed by atoms with Crippen LogP contribution in [0.25, 0.3) is 0 Å². The van der Waals surface area contributed by atoms with E-state index in [0.29, 0.717) is 0 Å². The third-order valence-corrected chi connectivity index (χ3v) is 4.83. The van der Waals surface area contributed by atoms with E-state index >= 15 is 0 Å². The Balaban J connectivity index is 1.42. The molecule has 2 aromatic carbocycles. The Kier molecular flexibility index (Phi) is 6.07. The quantitative estimate of drug-likeness (QED) is 0.904. The van der Waals surface area contributed by atoms with Crippen LogP contribution in [0.2, 0.25) is 0 Å². The van der Waals surface area contributed by atoms with Crippen molar-refractivity contribution in [3.05, 3.63) is 65.7 Å². The van der Waals surface area contributed by atoms with E-state index < -0.39 is 0 Å². The molecule has 4 heteroatoms. The van der Waals surface area contributed by atoms with E-state index in [1.165, 1.54) is 11.1 Å². The minimum absolute atomic E-state index is 0.00644. The van der Waals surface area contributed by atoms with E-state index in [9.17, 15) is 4.79 Å². The molecule has 0 aliphatic carbocycles. The molecule has 0 radical (unpaired) electrons. The van der Waals surface area contributed by atoms with Gasteiger partial charge in [-0.05, 0) is 36.1 Å². The van der Waals surface area contributed by atoms with Gasteiger partial charge in [-0.15, -0.1) is 0 Å². The van der Waals surface area contributed by atoms with Crippen LogP contribution in [0.5, 0.6) is 0 Å². The van der Waals surface area contributed by atoms with Gasteiger partial charge < -0.3 is 10.2 Å². The summed E-state index contributed by atoms with van der Waals surface area (Å²) in [5.74, 6) is 0. The van der Waals surface area contributed by atoms with Gasteiger partial charge in [0.2, 0.25) is 0 Å². The number of nitrogens with zero attached hydrogens (tertiary/aromatic N) is 2. The second-order valence-corrected chi connectivity index (χ2v) is 6.54. The number of piperazine rings is 1. The lowest BCUT2D eigenvalue weighted by atomic mass is 10.1. The van der Waals surface area contributed by atoms with Crippen LogP contribution in [0.15, 0.2) is 54.6 Å². The molecule has 1 aliphatic rings. The molecule has 0 spiro atoms. The van der Waals surface area contributed by atoms with Crippen LogP contribution in [0, 0.1) is 0 Å². The number of nitrogens with one attached hydrogen (secondary N) is 1. The summed E-state index contributed by atoms with van der Waals surface area (Å²) in [7, 11) is 0. The van der Waals surface area contributed by atoms with Crippen LogP contribution >= 0.6 is 0 Å². The number of aryl methyl sites for hydroxylation is 1. The van der Waals surface area contributed by atoms with Gasteiger partial charge in [0.15, 0.2) is 0 Å². The van der Waals surface area contributed by atoms with Crippen molar-refractivity contribution in [2.24, 2.45) is 0 Å². The summed E-state index contributed by atoms with van der Waals surface area (Å²) in [6.45, 7) is 6.63. The van der Waals surface area contributed by atoms with Crippen LogP contribution in [0.1, 0.15) is 18.1 Å². The van der Waals surface area contributed by atoms with Gasteiger partial charge in [-0.3, -0.25) is 4.90 Å². The van der Waals surface area contributed by atoms with Crippen LogP contribution < -0.4 is 5.32 Å². The van der Waals surface area contributed by atoms with Crippen molar-refractivity contribution in [2.45, 2.75) is 19.8 Å². The summed E-state index contributed by atoms with van der Waals surface area (Å²) in [5, 5.41) is 3.00. The molecule has 0 unspecified atom stereocenters. The Bertz CT molecular complexity index is 661. The van der Waals surface area contributed by atoms with Gasteiger partial charge in [0.05, 0.1) is 0 Å². The first-order chi connectivity index (χ1) is 12.2. The van der Waals surface area contributed by atoms with Crippen molar-refractivity contribution in [2.75, 3.05) is 38.0 Å². The molecule has 1 heterocycles. The monoisotopic (exact) mass is 337 g/mol. The summed E-state index contributed by atoms with van der Waals surface area (Å²) in [5.41, 5.74) is 3.52. The zero-order chi connectivity index (χ0) is 17.5. The van der Waals surface area contributed by atoms with E-state index in [1.54, 1.807) is 0 Å². The Labute approximate surface area is 150 Å². The third kappa shape index (κ3) is 5.07. The predicted molar refractivity (Wildman–Crippen MR) is 103 cm³/mol. The summed E-state index contributed by atoms with van der Waals surface area (Å²) < 4.78 is 0. The van der Waals surface area contributed by atoms with E-state index in [2.05, 4.69) is 59.6 Å². The maximum absolute atomic E-state index is 12.4. The Hall–Kier alpha value is -2.33. The standard InChI is InChI=1S/C21H27N3O/c1-2-18-8-10-20(11-9-18)22-21(25)24-16-14-23(15-17-24)13-12-19-6-4-3-5-7-19/h3-11H,2,12-17H2,1H3,(H,22,25). The Morgan fingerprint density at radius 3 is 2.24 bits per heavy atom. The van der Waals surface area contributed by atoms with Gasteiger partial charge in [0, 0.05) is 38.4 Å². The second kappa shape index (κ2) is 8.67. The first-order valence-electron chi connectivity index (χ1n) is 9.16. The molecule has 1 aliphatic heterocycles. The lowest BCUT2D eigenvalue weighted by Crippen LogP contribution is -2.50. The molecule has 0 aromatic heterocycles. The van der Waals surface area contributed by atoms with Crippen molar-refractivity contribution in [3.63, 3.8) is 0 Å². The fourth-order valence-electron chi connectivity index (χ4n) is 3.13. The molecule has 0 atom stereocenters. The molecule has 0 saturated carbocycles. The number of hydrogen-bond donors (Lipinski definition) is 1. The van der Waals surface area contributed by atoms with Gasteiger partial charge >= 0.3 is 6.03 Å². The van der Waals surface area contributed by atoms with E-state index in [4.69, 9.17) is 0 Å². The Morgan fingerprint density at radius 1 is 0.920 bits per heavy atom. The van der Waals surface area contributed by atoms with E-state index in [0.717, 1.165) is 51.3 Å². The third-order valence-electron chi connectivity index (χ3n) is 4.83. The molecular formula is C21H27N3O. The number of anilines is 1. The SMILES string of the molecule is CCc1ccc(NC(=O)N2CCN(CCc3ccccc3)CC2)cc1. The zero-order valence-corrected chi connectivity index (χ0v) is 14.9. The van der Waals surface area contributed by atoms with Crippen LogP contribution in [0.4, 0.5) is 10.5 Å². The summed E-state index contributed by atoms with van der Waals surface area (Å²) >= 11 is 0. The summed E-state index contributed by atoms with van der Waals surface area (Å²) in [6, 6.07) is 18.7. The smallest absolute Gasteiger partial charge is 0.321 e. The number of hydrogen-bond acceptors (Lipinski definition) is 2. The van der Waals surface area contributed by atoms with Crippen LogP contribution in [-0.2, 0) is 12.8 Å². The molecule has 1 saturated heterocycles. The predicted octanol–water partition coefficient (Wildman–Crippen LogP) is 3.64. The van der Waals surface area contributed by atoms with Gasteiger partial charge in [-0.1, -0.05) is 49.4 Å². The molecule has 2 amide bonds. The highest BCUT2D eigenvalue weighted by atomic mass is 16.2. The van der Waals surface area contributed by atoms with Crippen molar-refractivity contribution in [1.29, 1.82) is 0 Å². The maximum atomic E-state index is 12.4. The average molecular weight is 337 g/mol. The highest BCUT2D eigenvalue weighted by molar-refractivity contribution is 5.89. The first kappa shape index (κ1) is 17.5. The average Bonchev–Trinajstić information content (AvgIpc) is 2.68. The van der Waals surface area contributed by atoms with Gasteiger partial charge in [-0.25, -0.2) is 4.79 Å². The zero-order valence-electron chi connectivity index (χ0n) is 14.9. The largest absolute Gasteiger partial charge is 0.322 e. The highest BCUT2D eigenvalue weighted by Gasteiger charge is 2.20. The molecule has 1 fully saturated rings. The maximum Gasteiger partial charge on any atom is 0.321 e. The van der Waals surface area contributed by atoms with Crippen molar-refractivity contribution in [1.82, 2.24) is 9.80 Å². The van der Waals surface area contributed by atoms with E-state index in [-0.39, 0.29) is 6.03 Å². The molecule has 2 aromatic rings. The van der Waals surface area contributed by atoms with Gasteiger partial charge in [0.25, 0.3) is 0 Å². The number of carbonyl (C=O) groups excluding carboxylic acids is 1. The second-order valence-electron chi connectivity index (χ2n) is 6.54. The highest BCUT2D eigenvalue weighted by Crippen LogP contribution is 2.12. The molecule has 1 N–H and O–H groups in total. The number of carbonyl (C=O) groups is 1. The van der Waals surface area contributed by atoms with Crippen molar-refractivity contribution in [3.8, 4) is 0 Å². The fraction of sp³-hybridized carbons (Fsp3) is 0.381. The normalized spacial score (nSPS) is 15.2. The van der Waals surface area contributed by atoms with Crippen LogP contribution in [0.3, 0.4) is 0 Å². The molecule has 3 rings (SSSR count). The summed E-state index contributed by atoms with van der Waals surface area (Å²) in [6.07, 6.45) is 2.08. The topological polar surface area (TPSA) is 35.6 Å². The fourth-order valence-corrected chi connectivity index (χ4v) is 3.13. The molecule has 132 valence electrons. The van der Waals surface area contributed by atoms with E-state index in [1.807, 2.05) is 17.0 Å².